The van der Waals surface area contributed by atoms with Crippen LogP contribution >= 0.6 is 0 Å². The molecular formula is C49H77NO14. The van der Waals surface area contributed by atoms with E-state index in [0.29, 0.717) is 57.9 Å². The molecule has 0 radical (unpaired) electrons. The van der Waals surface area contributed by atoms with Gasteiger partial charge in [0.15, 0.2) is 5.79 Å². The number of aliphatic hydroxyl groups excluding tert-OH is 1. The number of nitrogens with zero attached hydrogens (tertiary/aromatic N) is 1. The molecule has 0 aromatic carbocycles. The Labute approximate surface area is 379 Å². The van der Waals surface area contributed by atoms with Crippen LogP contribution in [-0.2, 0) is 57.1 Å². The second-order valence-corrected chi connectivity index (χ2v) is 21.3. The van der Waals surface area contributed by atoms with E-state index in [0.717, 1.165) is 25.7 Å². The standard InChI is InChI=1S/C49H77NO14/c1-11-47(19-18-37(61-47)46(8)20-21-48(64-46)24-35(51)30(5)42(62-48)31(6)41(57-9)32(7)44(54)58-10)43-28(3)23-36(60-43)40-27(2)22-29(4)49(56,63-40)26-59-45(55)34-14-12-33(13-15-34)25-50-38(52)16-17-39(50)53/h16-17,27-37,40-43,51,56H,11-15,18-26H2,1-10H3/t27-,28-,29+,30+,31-,32?,33?,34?,35-,36+,37?,40-,41+,42-,43+,46-,47-,48+,49-/m0/s1. The van der Waals surface area contributed by atoms with E-state index >= 15 is 0 Å². The van der Waals surface area contributed by atoms with Crippen LogP contribution in [-0.4, -0.2) is 132 Å². The van der Waals surface area contributed by atoms with Crippen LogP contribution in [0.2, 0.25) is 0 Å². The zero-order valence-corrected chi connectivity index (χ0v) is 40.0. The highest BCUT2D eigenvalue weighted by molar-refractivity contribution is 6.12. The molecule has 0 bridgehead atoms. The van der Waals surface area contributed by atoms with E-state index in [-0.39, 0.29) is 90.1 Å². The minimum Gasteiger partial charge on any atom is -0.469 e. The van der Waals surface area contributed by atoms with Crippen molar-refractivity contribution in [2.45, 2.75) is 198 Å². The zero-order valence-electron chi connectivity index (χ0n) is 40.0. The van der Waals surface area contributed by atoms with Gasteiger partial charge in [0, 0.05) is 56.4 Å². The Morgan fingerprint density at radius 1 is 0.922 bits per heavy atom. The van der Waals surface area contributed by atoms with Crippen molar-refractivity contribution in [2.75, 3.05) is 27.4 Å². The van der Waals surface area contributed by atoms with Gasteiger partial charge in [-0.2, -0.15) is 0 Å². The number of esters is 2. The number of aliphatic hydroxyl groups is 2. The Morgan fingerprint density at radius 3 is 2.25 bits per heavy atom. The van der Waals surface area contributed by atoms with Crippen molar-refractivity contribution in [3.05, 3.63) is 12.2 Å². The summed E-state index contributed by atoms with van der Waals surface area (Å²) in [7, 11) is 2.96. The molecule has 1 spiro atoms. The van der Waals surface area contributed by atoms with E-state index in [1.807, 2.05) is 20.8 Å². The molecule has 7 aliphatic rings. The van der Waals surface area contributed by atoms with Crippen LogP contribution in [0.15, 0.2) is 12.2 Å². The predicted octanol–water partition coefficient (Wildman–Crippen LogP) is 5.64. The zero-order chi connectivity index (χ0) is 46.5. The van der Waals surface area contributed by atoms with Gasteiger partial charge in [-0.15, -0.1) is 0 Å². The van der Waals surface area contributed by atoms with Gasteiger partial charge < -0.3 is 48.1 Å². The Balaban J connectivity index is 0.950. The first-order valence-electron chi connectivity index (χ1n) is 24.3. The maximum atomic E-state index is 13.3. The maximum absolute atomic E-state index is 13.3. The van der Waals surface area contributed by atoms with Gasteiger partial charge in [0.05, 0.1) is 72.9 Å². The molecule has 7 rings (SSSR count). The number of carbonyl (C=O) groups excluding carboxylic acids is 4. The van der Waals surface area contributed by atoms with Crippen LogP contribution < -0.4 is 0 Å². The number of methoxy groups -OCH3 is 2. The van der Waals surface area contributed by atoms with E-state index in [1.54, 1.807) is 14.0 Å². The molecule has 2 N–H and O–H groups in total. The molecule has 15 heteroatoms. The lowest BCUT2D eigenvalue weighted by Crippen LogP contribution is -2.57. The first-order valence-corrected chi connectivity index (χ1v) is 24.3. The number of carbonyl (C=O) groups is 4. The fraction of sp³-hybridized carbons (Fsp3) is 0.878. The van der Waals surface area contributed by atoms with Gasteiger partial charge in [-0.25, -0.2) is 0 Å². The summed E-state index contributed by atoms with van der Waals surface area (Å²) in [6, 6.07) is 0. The molecule has 17 atom stereocenters. The summed E-state index contributed by atoms with van der Waals surface area (Å²) in [6.45, 7) is 16.4. The fourth-order valence-electron chi connectivity index (χ4n) is 12.8. The molecule has 6 fully saturated rings. The Hall–Kier alpha value is -2.50. The average molecular weight is 904 g/mol. The summed E-state index contributed by atoms with van der Waals surface area (Å²) in [5, 5.41) is 23.4. The van der Waals surface area contributed by atoms with E-state index in [2.05, 4.69) is 27.7 Å². The van der Waals surface area contributed by atoms with Crippen molar-refractivity contribution < 1.29 is 67.3 Å². The summed E-state index contributed by atoms with van der Waals surface area (Å²) in [4.78, 5) is 51.2. The van der Waals surface area contributed by atoms with Crippen molar-refractivity contribution in [1.29, 1.82) is 0 Å². The molecule has 2 amide bonds. The van der Waals surface area contributed by atoms with E-state index in [1.165, 1.54) is 24.2 Å². The van der Waals surface area contributed by atoms with Gasteiger partial charge in [0.25, 0.3) is 11.8 Å². The number of hydrogen-bond donors (Lipinski definition) is 2. The van der Waals surface area contributed by atoms with Gasteiger partial charge >= 0.3 is 11.9 Å². The summed E-state index contributed by atoms with van der Waals surface area (Å²) in [6.07, 6.45) is 7.74. The highest BCUT2D eigenvalue weighted by atomic mass is 16.7. The molecule has 2 unspecified atom stereocenters. The normalized spacial score (nSPS) is 45.2. The monoisotopic (exact) mass is 904 g/mol. The Bertz CT molecular complexity index is 1720. The molecule has 6 aliphatic heterocycles. The SMILES string of the molecule is CC[C@@]1([C@@H]2O[C@@H]([C@H]3O[C@@](O)(COC(=O)C4CCC(CN5C(=O)C=CC5=O)CC4)[C@H](C)C[C@@H]3C)C[C@@H]2C)CCC([C@]2(C)CC[C@]3(C[C@H](O)[C@@H](C)[C@@H]([C@@H](C)[C@@H](OC)C(C)C(=O)OC)O3)O2)O1. The average Bonchev–Trinajstić information content (AvgIpc) is 4.05. The molecule has 0 aromatic rings. The number of amides is 2. The van der Waals surface area contributed by atoms with Gasteiger partial charge in [0.1, 0.15) is 6.61 Å². The van der Waals surface area contributed by atoms with Crippen LogP contribution in [0.5, 0.6) is 0 Å². The molecule has 0 aromatic heterocycles. The number of rotatable bonds is 14. The van der Waals surface area contributed by atoms with Crippen molar-refractivity contribution in [1.82, 2.24) is 4.90 Å². The summed E-state index contributed by atoms with van der Waals surface area (Å²) < 4.78 is 51.4. The highest BCUT2D eigenvalue weighted by Gasteiger charge is 2.62. The van der Waals surface area contributed by atoms with Crippen LogP contribution in [0.3, 0.4) is 0 Å². The lowest BCUT2D eigenvalue weighted by Gasteiger charge is -2.49. The van der Waals surface area contributed by atoms with Crippen LogP contribution in [0.25, 0.3) is 0 Å². The third kappa shape index (κ3) is 9.49. The Morgan fingerprint density at radius 2 is 1.61 bits per heavy atom. The van der Waals surface area contributed by atoms with E-state index in [4.69, 9.17) is 37.9 Å². The number of imide groups is 1. The van der Waals surface area contributed by atoms with Crippen LogP contribution in [0.4, 0.5) is 0 Å². The van der Waals surface area contributed by atoms with Crippen molar-refractivity contribution in [3.8, 4) is 0 Å². The van der Waals surface area contributed by atoms with Crippen LogP contribution in [0.1, 0.15) is 132 Å². The summed E-state index contributed by atoms with van der Waals surface area (Å²) >= 11 is 0. The first-order chi connectivity index (χ1) is 30.2. The predicted molar refractivity (Wildman–Crippen MR) is 232 cm³/mol. The molecule has 64 heavy (non-hydrogen) atoms. The van der Waals surface area contributed by atoms with Gasteiger partial charge in [0.2, 0.25) is 5.79 Å². The number of hydrogen-bond acceptors (Lipinski definition) is 14. The molecule has 362 valence electrons. The summed E-state index contributed by atoms with van der Waals surface area (Å²) in [5.74, 6) is -5.19. The van der Waals surface area contributed by atoms with Crippen LogP contribution in [0, 0.1) is 47.3 Å². The minimum atomic E-state index is -1.67. The van der Waals surface area contributed by atoms with E-state index in [9.17, 15) is 29.4 Å². The molecule has 5 saturated heterocycles. The minimum absolute atomic E-state index is 0.0848. The lowest BCUT2D eigenvalue weighted by atomic mass is 9.78. The topological polar surface area (TPSA) is 186 Å². The van der Waals surface area contributed by atoms with Crippen molar-refractivity contribution in [3.63, 3.8) is 0 Å². The van der Waals surface area contributed by atoms with E-state index < -0.39 is 53.1 Å². The second-order valence-electron chi connectivity index (χ2n) is 21.3. The van der Waals surface area contributed by atoms with Gasteiger partial charge in [-0.3, -0.25) is 24.1 Å². The number of ether oxygens (including phenoxy) is 8. The molecule has 1 aliphatic carbocycles. The summed E-state index contributed by atoms with van der Waals surface area (Å²) in [5.41, 5.74) is -1.25. The Kier molecular flexibility index (Phi) is 14.9. The quantitative estimate of drug-likeness (QED) is 0.161. The lowest BCUT2D eigenvalue weighted by molar-refractivity contribution is -0.336. The second kappa shape index (κ2) is 19.2. The largest absolute Gasteiger partial charge is 0.469 e. The molecule has 6 heterocycles. The van der Waals surface area contributed by atoms with Crippen molar-refractivity contribution >= 4 is 23.8 Å². The molecule has 1 saturated carbocycles. The van der Waals surface area contributed by atoms with Crippen molar-refractivity contribution in [2.24, 2.45) is 47.3 Å². The maximum Gasteiger partial charge on any atom is 0.311 e. The third-order valence-electron chi connectivity index (χ3n) is 16.9. The highest BCUT2D eigenvalue weighted by Crippen LogP contribution is 2.55. The van der Waals surface area contributed by atoms with Gasteiger partial charge in [-0.05, 0) is 95.8 Å². The molecule has 15 nitrogen and oxygen atoms in total. The fourth-order valence-corrected chi connectivity index (χ4v) is 12.8. The molecular weight excluding hydrogens is 827 g/mol. The van der Waals surface area contributed by atoms with Gasteiger partial charge in [-0.1, -0.05) is 41.5 Å². The first kappa shape index (κ1) is 49.4. The third-order valence-corrected chi connectivity index (χ3v) is 16.9. The smallest absolute Gasteiger partial charge is 0.311 e.